The third-order valence-electron chi connectivity index (χ3n) is 4.05. The van der Waals surface area contributed by atoms with Crippen molar-refractivity contribution in [3.8, 4) is 0 Å². The molecule has 2 N–H and O–H groups in total. The summed E-state index contributed by atoms with van der Waals surface area (Å²) in [6.07, 6.45) is 3.19. The molecule has 0 radical (unpaired) electrons. The highest BCUT2D eigenvalue weighted by molar-refractivity contribution is 5.79. The maximum Gasteiger partial charge on any atom is 0.191 e. The van der Waals surface area contributed by atoms with Gasteiger partial charge in [-0.05, 0) is 38.0 Å². The first kappa shape index (κ1) is 17.5. The predicted octanol–water partition coefficient (Wildman–Crippen LogP) is 1.77. The molecule has 2 unspecified atom stereocenters. The first-order valence-electron chi connectivity index (χ1n) is 8.41. The van der Waals surface area contributed by atoms with Crippen molar-refractivity contribution in [2.24, 2.45) is 4.99 Å². The van der Waals surface area contributed by atoms with Gasteiger partial charge in [0.15, 0.2) is 5.96 Å². The van der Waals surface area contributed by atoms with E-state index >= 15 is 0 Å². The van der Waals surface area contributed by atoms with E-state index in [1.54, 1.807) is 7.05 Å². The summed E-state index contributed by atoms with van der Waals surface area (Å²) < 4.78 is 5.60. The lowest BCUT2D eigenvalue weighted by molar-refractivity contribution is 0.0529. The molecular weight excluding hydrogens is 290 g/mol. The second kappa shape index (κ2) is 8.72. The molecule has 1 saturated heterocycles. The number of pyridine rings is 1. The average molecular weight is 319 g/mol. The van der Waals surface area contributed by atoms with Crippen molar-refractivity contribution in [2.45, 2.75) is 45.9 Å². The minimum absolute atomic E-state index is 0.255. The normalized spacial score (nSPS) is 20.3. The molecule has 2 rings (SSSR count). The Morgan fingerprint density at radius 3 is 3.09 bits per heavy atom. The number of hydrogen-bond acceptors (Lipinski definition) is 4. The Morgan fingerprint density at radius 1 is 1.57 bits per heavy atom. The lowest BCUT2D eigenvalue weighted by Crippen LogP contribution is -2.42. The van der Waals surface area contributed by atoms with Gasteiger partial charge in [0, 0.05) is 38.9 Å². The van der Waals surface area contributed by atoms with E-state index in [1.807, 2.05) is 12.3 Å². The molecule has 1 aromatic heterocycles. The molecule has 1 aliphatic heterocycles. The molecule has 0 aromatic carbocycles. The van der Waals surface area contributed by atoms with E-state index in [9.17, 15) is 0 Å². The quantitative estimate of drug-likeness (QED) is 0.640. The molecular formula is C17H29N5O. The van der Waals surface area contributed by atoms with Crippen molar-refractivity contribution in [1.82, 2.24) is 15.6 Å². The highest BCUT2D eigenvalue weighted by atomic mass is 16.5. The van der Waals surface area contributed by atoms with Crippen LogP contribution in [-0.4, -0.2) is 49.8 Å². The lowest BCUT2D eigenvalue weighted by atomic mass is 10.2. The molecule has 0 aliphatic carbocycles. The van der Waals surface area contributed by atoms with Gasteiger partial charge in [-0.3, -0.25) is 4.99 Å². The minimum atomic E-state index is 0.255. The second-order valence-corrected chi connectivity index (χ2v) is 6.03. The first-order chi connectivity index (χ1) is 11.1. The van der Waals surface area contributed by atoms with Gasteiger partial charge in [0.05, 0.1) is 12.7 Å². The van der Waals surface area contributed by atoms with Crippen molar-refractivity contribution < 1.29 is 4.74 Å². The predicted molar refractivity (Wildman–Crippen MR) is 95.0 cm³/mol. The second-order valence-electron chi connectivity index (χ2n) is 6.03. The third-order valence-corrected chi connectivity index (χ3v) is 4.05. The zero-order chi connectivity index (χ0) is 16.7. The van der Waals surface area contributed by atoms with E-state index in [0.717, 1.165) is 44.4 Å². The number of rotatable bonds is 5. The minimum Gasteiger partial charge on any atom is -0.375 e. The van der Waals surface area contributed by atoms with Crippen LogP contribution in [0.1, 0.15) is 32.8 Å². The first-order valence-corrected chi connectivity index (χ1v) is 8.41. The molecule has 6 heteroatoms. The summed E-state index contributed by atoms with van der Waals surface area (Å²) in [6.45, 7) is 9.68. The van der Waals surface area contributed by atoms with Crippen LogP contribution in [0.4, 0.5) is 5.82 Å². The van der Waals surface area contributed by atoms with Gasteiger partial charge >= 0.3 is 0 Å². The fourth-order valence-electron chi connectivity index (χ4n) is 2.49. The van der Waals surface area contributed by atoms with Gasteiger partial charge in [-0.15, -0.1) is 0 Å². The Balaban J connectivity index is 1.94. The smallest absolute Gasteiger partial charge is 0.191 e. The van der Waals surface area contributed by atoms with Crippen molar-refractivity contribution in [2.75, 3.05) is 31.6 Å². The Bertz CT molecular complexity index is 519. The number of hydrogen-bond donors (Lipinski definition) is 2. The van der Waals surface area contributed by atoms with Gasteiger partial charge in [0.1, 0.15) is 5.82 Å². The van der Waals surface area contributed by atoms with Gasteiger partial charge in [-0.2, -0.15) is 0 Å². The fourth-order valence-corrected chi connectivity index (χ4v) is 2.49. The highest BCUT2D eigenvalue weighted by Gasteiger charge is 2.18. The summed E-state index contributed by atoms with van der Waals surface area (Å²) in [5.74, 6) is 1.85. The summed E-state index contributed by atoms with van der Waals surface area (Å²) in [7, 11) is 1.80. The van der Waals surface area contributed by atoms with Crippen LogP contribution in [0.3, 0.4) is 0 Å². The average Bonchev–Trinajstić information content (AvgIpc) is 2.58. The molecule has 128 valence electrons. The van der Waals surface area contributed by atoms with Crippen molar-refractivity contribution in [1.29, 1.82) is 0 Å². The number of nitrogens with zero attached hydrogens (tertiary/aromatic N) is 3. The van der Waals surface area contributed by atoms with Crippen molar-refractivity contribution in [3.05, 3.63) is 23.9 Å². The molecule has 2 atom stereocenters. The third kappa shape index (κ3) is 5.39. The van der Waals surface area contributed by atoms with Crippen LogP contribution in [0.5, 0.6) is 0 Å². The number of anilines is 1. The Labute approximate surface area is 139 Å². The van der Waals surface area contributed by atoms with E-state index in [0.29, 0.717) is 6.04 Å². The van der Waals surface area contributed by atoms with E-state index < -0.39 is 0 Å². The molecule has 23 heavy (non-hydrogen) atoms. The number of nitrogens with one attached hydrogen (secondary N) is 2. The van der Waals surface area contributed by atoms with Crippen LogP contribution in [-0.2, 0) is 11.3 Å². The molecule has 1 aliphatic rings. The standard InChI is InChI=1S/C17H29N5O/c1-5-13(2)21-17(18-4)20-11-15-6-7-19-16(10-15)22-8-9-23-14(3)12-22/h6-7,10,13-14H,5,8-9,11-12H2,1-4H3,(H2,18,20,21). The van der Waals surface area contributed by atoms with Gasteiger partial charge in [-0.25, -0.2) is 4.98 Å². The molecule has 0 amide bonds. The van der Waals surface area contributed by atoms with Crippen molar-refractivity contribution >= 4 is 11.8 Å². The highest BCUT2D eigenvalue weighted by Crippen LogP contribution is 2.16. The van der Waals surface area contributed by atoms with E-state index in [1.165, 1.54) is 5.56 Å². The molecule has 0 saturated carbocycles. The van der Waals surface area contributed by atoms with Gasteiger partial charge in [0.25, 0.3) is 0 Å². The molecule has 2 heterocycles. The van der Waals surface area contributed by atoms with Crippen LogP contribution in [0.15, 0.2) is 23.3 Å². The fraction of sp³-hybridized carbons (Fsp3) is 0.647. The summed E-state index contributed by atoms with van der Waals surface area (Å²) >= 11 is 0. The van der Waals surface area contributed by atoms with Gasteiger partial charge in [0.2, 0.25) is 0 Å². The van der Waals surface area contributed by atoms with E-state index in [2.05, 4.69) is 52.3 Å². The maximum atomic E-state index is 5.60. The molecule has 0 bridgehead atoms. The zero-order valence-corrected chi connectivity index (χ0v) is 14.7. The van der Waals surface area contributed by atoms with E-state index in [4.69, 9.17) is 4.74 Å². The van der Waals surface area contributed by atoms with Gasteiger partial charge in [-0.1, -0.05) is 6.92 Å². The van der Waals surface area contributed by atoms with E-state index in [-0.39, 0.29) is 6.10 Å². The number of ether oxygens (including phenoxy) is 1. The number of morpholine rings is 1. The summed E-state index contributed by atoms with van der Waals surface area (Å²) in [5.41, 5.74) is 1.20. The Kier molecular flexibility index (Phi) is 6.65. The monoisotopic (exact) mass is 319 g/mol. The van der Waals surface area contributed by atoms with Crippen LogP contribution in [0.2, 0.25) is 0 Å². The summed E-state index contributed by atoms with van der Waals surface area (Å²) in [6, 6.07) is 4.59. The number of aliphatic imine (C=N–C) groups is 1. The largest absolute Gasteiger partial charge is 0.375 e. The summed E-state index contributed by atoms with van der Waals surface area (Å²) in [4.78, 5) is 11.0. The van der Waals surface area contributed by atoms with Gasteiger partial charge < -0.3 is 20.3 Å². The molecule has 0 spiro atoms. The van der Waals surface area contributed by atoms with Crippen LogP contribution >= 0.6 is 0 Å². The number of guanidine groups is 1. The SMILES string of the molecule is CCC(C)NC(=NC)NCc1ccnc(N2CCOC(C)C2)c1. The maximum absolute atomic E-state index is 5.60. The lowest BCUT2D eigenvalue weighted by Gasteiger charge is -2.32. The zero-order valence-electron chi connectivity index (χ0n) is 14.7. The topological polar surface area (TPSA) is 61.8 Å². The van der Waals surface area contributed by atoms with Crippen molar-refractivity contribution in [3.63, 3.8) is 0 Å². The Morgan fingerprint density at radius 2 is 2.39 bits per heavy atom. The van der Waals surface area contributed by atoms with Crippen LogP contribution in [0.25, 0.3) is 0 Å². The summed E-state index contributed by atoms with van der Waals surface area (Å²) in [5, 5.41) is 6.72. The Hall–Kier alpha value is -1.82. The molecule has 1 fully saturated rings. The number of aromatic nitrogens is 1. The molecule has 1 aromatic rings. The molecule has 6 nitrogen and oxygen atoms in total. The van der Waals surface area contributed by atoms with Crippen LogP contribution in [0, 0.1) is 0 Å². The van der Waals surface area contributed by atoms with Crippen LogP contribution < -0.4 is 15.5 Å².